The summed E-state index contributed by atoms with van der Waals surface area (Å²) in [6, 6.07) is 25.3. The number of nitrogens with zero attached hydrogens (tertiary/aromatic N) is 2. The number of hydrogen-bond acceptors (Lipinski definition) is 7. The van der Waals surface area contributed by atoms with Crippen LogP contribution in [0.15, 0.2) is 95.9 Å². The van der Waals surface area contributed by atoms with Gasteiger partial charge in [-0.1, -0.05) is 48.5 Å². The number of carbonyl (C=O) groups is 3. The predicted molar refractivity (Wildman–Crippen MR) is 140 cm³/mol. The molecule has 0 N–H and O–H groups in total. The Labute approximate surface area is 215 Å². The quantitative estimate of drug-likeness (QED) is 0.0999. The number of fused-ring (bicyclic) bond motifs is 1. The molecule has 2 amide bonds. The summed E-state index contributed by atoms with van der Waals surface area (Å²) in [7, 11) is 0. The van der Waals surface area contributed by atoms with Gasteiger partial charge in [-0.3, -0.25) is 24.6 Å². The third kappa shape index (κ3) is 5.26. The van der Waals surface area contributed by atoms with Crippen molar-refractivity contribution >= 4 is 51.4 Å². The average Bonchev–Trinajstić information content (AvgIpc) is 3.17. The van der Waals surface area contributed by atoms with Gasteiger partial charge in [0.1, 0.15) is 5.75 Å². The summed E-state index contributed by atoms with van der Waals surface area (Å²) in [5.41, 5.74) is 1.57. The summed E-state index contributed by atoms with van der Waals surface area (Å²) in [6.45, 7) is 0.185. The molecule has 0 bridgehead atoms. The molecule has 182 valence electrons. The minimum atomic E-state index is -0.655. The highest BCUT2D eigenvalue weighted by atomic mass is 32.2. The number of non-ortho nitro benzene ring substituents is 1. The van der Waals surface area contributed by atoms with E-state index in [1.54, 1.807) is 30.3 Å². The Morgan fingerprint density at radius 3 is 2.32 bits per heavy atom. The van der Waals surface area contributed by atoms with E-state index in [0.717, 1.165) is 28.1 Å². The van der Waals surface area contributed by atoms with Gasteiger partial charge in [0, 0.05) is 12.1 Å². The number of esters is 1. The van der Waals surface area contributed by atoms with E-state index >= 15 is 0 Å². The molecule has 0 radical (unpaired) electrons. The largest absolute Gasteiger partial charge is 0.423 e. The Kier molecular flexibility index (Phi) is 6.53. The molecule has 9 heteroatoms. The zero-order valence-corrected chi connectivity index (χ0v) is 20.0. The first kappa shape index (κ1) is 24.0. The second-order valence-electron chi connectivity index (χ2n) is 8.21. The molecule has 0 unspecified atom stereocenters. The van der Waals surface area contributed by atoms with Crippen LogP contribution in [0.3, 0.4) is 0 Å². The molecule has 8 nitrogen and oxygen atoms in total. The number of nitro benzene ring substituents is 1. The van der Waals surface area contributed by atoms with E-state index in [1.165, 1.54) is 29.2 Å². The lowest BCUT2D eigenvalue weighted by Crippen LogP contribution is -2.27. The molecule has 0 spiro atoms. The maximum atomic E-state index is 12.9. The maximum Gasteiger partial charge on any atom is 0.343 e. The van der Waals surface area contributed by atoms with E-state index < -0.39 is 10.9 Å². The molecule has 5 rings (SSSR count). The van der Waals surface area contributed by atoms with Crippen molar-refractivity contribution in [2.24, 2.45) is 0 Å². The van der Waals surface area contributed by atoms with E-state index in [0.29, 0.717) is 10.5 Å². The van der Waals surface area contributed by atoms with E-state index in [-0.39, 0.29) is 34.7 Å². The minimum absolute atomic E-state index is 0.123. The van der Waals surface area contributed by atoms with Crippen LogP contribution in [0.25, 0.3) is 16.8 Å². The molecule has 1 fully saturated rings. The van der Waals surface area contributed by atoms with Crippen molar-refractivity contribution in [2.75, 3.05) is 0 Å². The fraction of sp³-hybridized carbons (Fsp3) is 0.0357. The highest BCUT2D eigenvalue weighted by Gasteiger charge is 2.35. The first-order chi connectivity index (χ1) is 17.9. The highest BCUT2D eigenvalue weighted by Crippen LogP contribution is 2.34. The normalized spacial score (nSPS) is 14.4. The molecular formula is C28H18N2O6S. The molecule has 1 aliphatic rings. The topological polar surface area (TPSA) is 107 Å². The lowest BCUT2D eigenvalue weighted by molar-refractivity contribution is -0.384. The Bertz CT molecular complexity index is 1580. The zero-order valence-electron chi connectivity index (χ0n) is 19.2. The summed E-state index contributed by atoms with van der Waals surface area (Å²) in [4.78, 5) is 49.5. The van der Waals surface area contributed by atoms with Crippen LogP contribution in [0.5, 0.6) is 5.75 Å². The standard InChI is InChI=1S/C28H18N2O6S/c31-26-25(37-28(33)29(26)17-19-5-8-20-3-1-2-4-22(20)15-19)16-18-6-13-24(14-7-18)36-27(32)21-9-11-23(12-10-21)30(34)35/h1-16H,17H2/b25-16-. The van der Waals surface area contributed by atoms with Crippen LogP contribution >= 0.6 is 11.8 Å². The summed E-state index contributed by atoms with van der Waals surface area (Å²) < 4.78 is 5.31. The highest BCUT2D eigenvalue weighted by molar-refractivity contribution is 8.18. The number of amides is 2. The van der Waals surface area contributed by atoms with Gasteiger partial charge >= 0.3 is 5.97 Å². The van der Waals surface area contributed by atoms with Crippen molar-refractivity contribution in [1.29, 1.82) is 0 Å². The third-order valence-corrected chi connectivity index (χ3v) is 6.64. The summed E-state index contributed by atoms with van der Waals surface area (Å²) >= 11 is 0.880. The van der Waals surface area contributed by atoms with Crippen molar-refractivity contribution in [1.82, 2.24) is 4.90 Å². The monoisotopic (exact) mass is 510 g/mol. The molecule has 4 aromatic rings. The van der Waals surface area contributed by atoms with Crippen LogP contribution in [0, 0.1) is 10.1 Å². The van der Waals surface area contributed by atoms with Crippen LogP contribution in [-0.2, 0) is 11.3 Å². The fourth-order valence-electron chi connectivity index (χ4n) is 3.82. The van der Waals surface area contributed by atoms with E-state index in [1.807, 2.05) is 42.5 Å². The second-order valence-corrected chi connectivity index (χ2v) is 9.21. The van der Waals surface area contributed by atoms with Crippen molar-refractivity contribution < 1.29 is 24.0 Å². The van der Waals surface area contributed by atoms with Crippen LogP contribution in [0.2, 0.25) is 0 Å². The smallest absolute Gasteiger partial charge is 0.343 e. The number of thioether (sulfide) groups is 1. The van der Waals surface area contributed by atoms with Crippen molar-refractivity contribution in [3.05, 3.63) is 123 Å². The molecule has 1 aliphatic heterocycles. The molecule has 1 saturated heterocycles. The molecule has 0 aliphatic carbocycles. The number of hydrogen-bond donors (Lipinski definition) is 0. The Hall–Kier alpha value is -4.76. The first-order valence-corrected chi connectivity index (χ1v) is 12.0. The maximum absolute atomic E-state index is 12.9. The number of carbonyl (C=O) groups excluding carboxylic acids is 3. The lowest BCUT2D eigenvalue weighted by atomic mass is 10.1. The molecule has 4 aromatic carbocycles. The van der Waals surface area contributed by atoms with Crippen molar-refractivity contribution in [2.45, 2.75) is 6.54 Å². The van der Waals surface area contributed by atoms with E-state index in [4.69, 9.17) is 4.74 Å². The van der Waals surface area contributed by atoms with Gasteiger partial charge in [0.15, 0.2) is 0 Å². The zero-order chi connectivity index (χ0) is 25.9. The molecule has 37 heavy (non-hydrogen) atoms. The van der Waals surface area contributed by atoms with Crippen LogP contribution < -0.4 is 4.74 Å². The Morgan fingerprint density at radius 2 is 1.62 bits per heavy atom. The van der Waals surface area contributed by atoms with Gasteiger partial charge in [-0.25, -0.2) is 4.79 Å². The van der Waals surface area contributed by atoms with Gasteiger partial charge in [0.2, 0.25) is 0 Å². The first-order valence-electron chi connectivity index (χ1n) is 11.2. The minimum Gasteiger partial charge on any atom is -0.423 e. The number of ether oxygens (including phenoxy) is 1. The molecule has 1 heterocycles. The summed E-state index contributed by atoms with van der Waals surface area (Å²) in [5, 5.41) is 12.5. The van der Waals surface area contributed by atoms with Crippen molar-refractivity contribution in [3.8, 4) is 5.75 Å². The van der Waals surface area contributed by atoms with Crippen LogP contribution in [0.4, 0.5) is 10.5 Å². The number of benzene rings is 4. The van der Waals surface area contributed by atoms with Gasteiger partial charge in [-0.05, 0) is 70.1 Å². The van der Waals surface area contributed by atoms with E-state index in [9.17, 15) is 24.5 Å². The van der Waals surface area contributed by atoms with E-state index in [2.05, 4.69) is 0 Å². The summed E-state index contributed by atoms with van der Waals surface area (Å²) in [5.74, 6) is -0.751. The average molecular weight is 511 g/mol. The SMILES string of the molecule is O=C(Oc1ccc(/C=C2\SC(=O)N(Cc3ccc4ccccc4c3)C2=O)cc1)c1ccc([N+](=O)[O-])cc1. The van der Waals surface area contributed by atoms with Gasteiger partial charge in [0.25, 0.3) is 16.8 Å². The molecule has 0 aromatic heterocycles. The molecular weight excluding hydrogens is 492 g/mol. The predicted octanol–water partition coefficient (Wildman–Crippen LogP) is 6.20. The van der Waals surface area contributed by atoms with Crippen molar-refractivity contribution in [3.63, 3.8) is 0 Å². The number of nitro groups is 1. The van der Waals surface area contributed by atoms with Crippen LogP contribution in [-0.4, -0.2) is 26.9 Å². The third-order valence-electron chi connectivity index (χ3n) is 5.73. The second kappa shape index (κ2) is 10.1. The fourth-order valence-corrected chi connectivity index (χ4v) is 4.66. The number of rotatable bonds is 6. The Morgan fingerprint density at radius 1 is 0.919 bits per heavy atom. The lowest BCUT2D eigenvalue weighted by Gasteiger charge is -2.13. The van der Waals surface area contributed by atoms with Gasteiger partial charge < -0.3 is 4.74 Å². The molecule has 0 saturated carbocycles. The molecule has 0 atom stereocenters. The Balaban J connectivity index is 1.25. The van der Waals surface area contributed by atoms with Crippen LogP contribution in [0.1, 0.15) is 21.5 Å². The van der Waals surface area contributed by atoms with Gasteiger partial charge in [-0.2, -0.15) is 0 Å². The van der Waals surface area contributed by atoms with Gasteiger partial charge in [-0.15, -0.1) is 0 Å². The van der Waals surface area contributed by atoms with Gasteiger partial charge in [0.05, 0.1) is 21.9 Å². The summed E-state index contributed by atoms with van der Waals surface area (Å²) in [6.07, 6.45) is 1.62. The number of imide groups is 1.